The van der Waals surface area contributed by atoms with Crippen molar-refractivity contribution in [1.29, 1.82) is 0 Å². The summed E-state index contributed by atoms with van der Waals surface area (Å²) in [6.45, 7) is 2.62. The predicted molar refractivity (Wildman–Crippen MR) is 70.7 cm³/mol. The molecular formula is C12H13Cl2FN2O. The Labute approximate surface area is 115 Å². The fourth-order valence-electron chi connectivity index (χ4n) is 2.00. The van der Waals surface area contributed by atoms with Gasteiger partial charge in [-0.1, -0.05) is 23.2 Å². The molecule has 0 spiro atoms. The fraction of sp³-hybridized carbons (Fsp3) is 0.417. The van der Waals surface area contributed by atoms with E-state index in [9.17, 15) is 9.18 Å². The number of carbonyl (C=O) groups excluding carboxylic acids is 1. The number of hydrogen-bond donors (Lipinski definition) is 2. The summed E-state index contributed by atoms with van der Waals surface area (Å²) in [7, 11) is 0. The molecule has 0 aliphatic carbocycles. The molecule has 0 saturated carbocycles. The van der Waals surface area contributed by atoms with E-state index < -0.39 is 11.4 Å². The third kappa shape index (κ3) is 2.60. The maximum Gasteiger partial charge on any atom is 0.244 e. The highest BCUT2D eigenvalue weighted by Crippen LogP contribution is 2.32. The summed E-state index contributed by atoms with van der Waals surface area (Å²) >= 11 is 11.7. The van der Waals surface area contributed by atoms with Gasteiger partial charge in [0.2, 0.25) is 5.91 Å². The first kappa shape index (κ1) is 13.6. The zero-order chi connectivity index (χ0) is 13.3. The molecule has 6 heteroatoms. The maximum absolute atomic E-state index is 13.0. The van der Waals surface area contributed by atoms with Crippen LogP contribution >= 0.6 is 23.2 Å². The first-order valence-corrected chi connectivity index (χ1v) is 6.39. The van der Waals surface area contributed by atoms with Crippen LogP contribution in [-0.4, -0.2) is 18.0 Å². The summed E-state index contributed by atoms with van der Waals surface area (Å²) in [5, 5.41) is 5.97. The van der Waals surface area contributed by atoms with E-state index >= 15 is 0 Å². The number of carbonyl (C=O) groups is 1. The first-order valence-electron chi connectivity index (χ1n) is 5.63. The highest BCUT2D eigenvalue weighted by Gasteiger charge is 2.36. The molecular weight excluding hydrogens is 278 g/mol. The Morgan fingerprint density at radius 2 is 2.06 bits per heavy atom. The second kappa shape index (κ2) is 5.03. The lowest BCUT2D eigenvalue weighted by Gasteiger charge is -2.23. The lowest BCUT2D eigenvalue weighted by Crippen LogP contribution is -2.48. The van der Waals surface area contributed by atoms with Crippen LogP contribution < -0.4 is 10.6 Å². The van der Waals surface area contributed by atoms with Gasteiger partial charge in [-0.25, -0.2) is 4.39 Å². The SMILES string of the molecule is CC1(C(=O)Nc2c(Cl)cc(F)cc2Cl)CCCN1. The second-order valence-electron chi connectivity index (χ2n) is 4.56. The van der Waals surface area contributed by atoms with Crippen molar-refractivity contribution in [2.24, 2.45) is 0 Å². The lowest BCUT2D eigenvalue weighted by molar-refractivity contribution is -0.121. The summed E-state index contributed by atoms with van der Waals surface area (Å²) in [5.74, 6) is -0.747. The van der Waals surface area contributed by atoms with Gasteiger partial charge in [0, 0.05) is 0 Å². The lowest BCUT2D eigenvalue weighted by atomic mass is 9.99. The van der Waals surface area contributed by atoms with E-state index in [1.807, 2.05) is 6.92 Å². The van der Waals surface area contributed by atoms with Crippen LogP contribution in [0.5, 0.6) is 0 Å². The zero-order valence-electron chi connectivity index (χ0n) is 9.82. The van der Waals surface area contributed by atoms with Gasteiger partial charge in [-0.15, -0.1) is 0 Å². The van der Waals surface area contributed by atoms with Crippen molar-refractivity contribution >= 4 is 34.8 Å². The Morgan fingerprint density at radius 1 is 1.44 bits per heavy atom. The number of nitrogens with one attached hydrogen (secondary N) is 2. The maximum atomic E-state index is 13.0. The van der Waals surface area contributed by atoms with Crippen LogP contribution in [0.25, 0.3) is 0 Å². The number of halogens is 3. The molecule has 2 N–H and O–H groups in total. The van der Waals surface area contributed by atoms with Crippen molar-refractivity contribution in [1.82, 2.24) is 5.32 Å². The molecule has 1 fully saturated rings. The van der Waals surface area contributed by atoms with E-state index in [2.05, 4.69) is 10.6 Å². The predicted octanol–water partition coefficient (Wildman–Crippen LogP) is 3.21. The van der Waals surface area contributed by atoms with Crippen molar-refractivity contribution in [3.8, 4) is 0 Å². The minimum absolute atomic E-state index is 0.0925. The number of hydrogen-bond acceptors (Lipinski definition) is 2. The molecule has 1 aliphatic heterocycles. The topological polar surface area (TPSA) is 41.1 Å². The number of benzene rings is 1. The van der Waals surface area contributed by atoms with Crippen molar-refractivity contribution in [3.63, 3.8) is 0 Å². The van der Waals surface area contributed by atoms with E-state index in [0.29, 0.717) is 0 Å². The molecule has 18 heavy (non-hydrogen) atoms. The van der Waals surface area contributed by atoms with Gasteiger partial charge in [0.25, 0.3) is 0 Å². The third-order valence-electron chi connectivity index (χ3n) is 3.12. The smallest absolute Gasteiger partial charge is 0.244 e. The van der Waals surface area contributed by atoms with Crippen molar-refractivity contribution in [2.75, 3.05) is 11.9 Å². The summed E-state index contributed by atoms with van der Waals surface area (Å²) in [4.78, 5) is 12.1. The second-order valence-corrected chi connectivity index (χ2v) is 5.38. The molecule has 1 aromatic carbocycles. The number of anilines is 1. The largest absolute Gasteiger partial charge is 0.322 e. The Kier molecular flexibility index (Phi) is 3.80. The molecule has 3 nitrogen and oxygen atoms in total. The molecule has 1 unspecified atom stereocenters. The van der Waals surface area contributed by atoms with Gasteiger partial charge < -0.3 is 10.6 Å². The van der Waals surface area contributed by atoms with Gasteiger partial charge >= 0.3 is 0 Å². The van der Waals surface area contributed by atoms with Crippen LogP contribution in [-0.2, 0) is 4.79 Å². The molecule has 1 heterocycles. The van der Waals surface area contributed by atoms with E-state index in [-0.39, 0.29) is 21.6 Å². The van der Waals surface area contributed by atoms with E-state index in [1.165, 1.54) is 0 Å². The van der Waals surface area contributed by atoms with Gasteiger partial charge in [0.05, 0.1) is 21.3 Å². The molecule has 0 bridgehead atoms. The minimum Gasteiger partial charge on any atom is -0.322 e. The Balaban J connectivity index is 2.22. The van der Waals surface area contributed by atoms with Crippen LogP contribution in [0.3, 0.4) is 0 Å². The summed E-state index contributed by atoms with van der Waals surface area (Å²) in [6.07, 6.45) is 1.68. The van der Waals surface area contributed by atoms with Gasteiger partial charge in [-0.05, 0) is 38.4 Å². The monoisotopic (exact) mass is 290 g/mol. The first-order chi connectivity index (χ1) is 8.42. The summed E-state index contributed by atoms with van der Waals surface area (Å²) < 4.78 is 13.0. The van der Waals surface area contributed by atoms with Crippen LogP contribution in [0.15, 0.2) is 12.1 Å². The van der Waals surface area contributed by atoms with Crippen molar-refractivity contribution < 1.29 is 9.18 Å². The highest BCUT2D eigenvalue weighted by molar-refractivity contribution is 6.39. The van der Waals surface area contributed by atoms with Crippen LogP contribution in [0.4, 0.5) is 10.1 Å². The van der Waals surface area contributed by atoms with Crippen LogP contribution in [0, 0.1) is 5.82 Å². The third-order valence-corrected chi connectivity index (χ3v) is 3.71. The Hall–Kier alpha value is -0.840. The average Bonchev–Trinajstić information content (AvgIpc) is 2.71. The molecule has 2 rings (SSSR count). The normalized spacial score (nSPS) is 23.1. The molecule has 1 amide bonds. The average molecular weight is 291 g/mol. The van der Waals surface area contributed by atoms with E-state index in [0.717, 1.165) is 31.5 Å². The minimum atomic E-state index is -0.624. The van der Waals surface area contributed by atoms with Gasteiger partial charge in [0.15, 0.2) is 0 Å². The van der Waals surface area contributed by atoms with E-state index in [1.54, 1.807) is 0 Å². The van der Waals surface area contributed by atoms with Crippen LogP contribution in [0.1, 0.15) is 19.8 Å². The molecule has 0 radical (unpaired) electrons. The molecule has 0 aromatic heterocycles. The zero-order valence-corrected chi connectivity index (χ0v) is 11.3. The number of rotatable bonds is 2. The quantitative estimate of drug-likeness (QED) is 0.878. The van der Waals surface area contributed by atoms with E-state index in [4.69, 9.17) is 23.2 Å². The van der Waals surface area contributed by atoms with Crippen LogP contribution in [0.2, 0.25) is 10.0 Å². The standard InChI is InChI=1S/C12H13Cl2FN2O/c1-12(3-2-4-16-12)11(18)17-10-8(13)5-7(15)6-9(10)14/h5-6,16H,2-4H2,1H3,(H,17,18). The Morgan fingerprint density at radius 3 is 2.56 bits per heavy atom. The molecule has 1 aliphatic rings. The van der Waals surface area contributed by atoms with Gasteiger partial charge in [0.1, 0.15) is 5.82 Å². The van der Waals surface area contributed by atoms with Gasteiger partial charge in [-0.3, -0.25) is 4.79 Å². The van der Waals surface area contributed by atoms with Crippen molar-refractivity contribution in [2.45, 2.75) is 25.3 Å². The molecule has 98 valence electrons. The summed E-state index contributed by atoms with van der Waals surface area (Å²) in [6, 6.07) is 2.24. The van der Waals surface area contributed by atoms with Crippen molar-refractivity contribution in [3.05, 3.63) is 28.0 Å². The molecule has 1 atom stereocenters. The molecule has 1 saturated heterocycles. The fourth-order valence-corrected chi connectivity index (χ4v) is 2.56. The van der Waals surface area contributed by atoms with Gasteiger partial charge in [-0.2, -0.15) is 0 Å². The highest BCUT2D eigenvalue weighted by atomic mass is 35.5. The number of amides is 1. The Bertz CT molecular complexity index is 464. The summed E-state index contributed by atoms with van der Waals surface area (Å²) in [5.41, 5.74) is -0.374. The molecule has 1 aromatic rings.